The van der Waals surface area contributed by atoms with E-state index in [0.717, 1.165) is 70.0 Å². The van der Waals surface area contributed by atoms with E-state index in [1.807, 2.05) is 6.26 Å². The number of carbonyl (C=O) groups is 1. The molecule has 2 bridgehead atoms. The molecule has 0 radical (unpaired) electrons. The summed E-state index contributed by atoms with van der Waals surface area (Å²) in [5.74, 6) is 2.19. The van der Waals surface area contributed by atoms with Crippen molar-refractivity contribution < 1.29 is 19.1 Å². The summed E-state index contributed by atoms with van der Waals surface area (Å²) in [6.07, 6.45) is 35.3. The van der Waals surface area contributed by atoms with Gasteiger partial charge in [-0.05, 0) is 118 Å². The lowest BCUT2D eigenvalue weighted by molar-refractivity contribution is -0.154. The Morgan fingerprint density at radius 3 is 2.60 bits per heavy atom. The molecule has 1 N–H and O–H groups in total. The summed E-state index contributed by atoms with van der Waals surface area (Å²) in [5.41, 5.74) is 0.752. The van der Waals surface area contributed by atoms with Crippen molar-refractivity contribution in [1.82, 2.24) is 0 Å². The van der Waals surface area contributed by atoms with Gasteiger partial charge in [-0.15, -0.1) is 0 Å². The Labute approximate surface area is 255 Å². The molecule has 4 heteroatoms. The average Bonchev–Trinajstić information content (AvgIpc) is 3.54. The SMILES string of the molecule is CCCCC/C=C\C/C=C/CCCCCCCC(=O)OC[C@]1(O)C[C@@]23CC[C@H]4c5ccoc5C=C[C@]4(C)[C@H]2CC[C@H]1C3. The molecule has 1 aromatic rings. The highest BCUT2D eigenvalue weighted by Crippen LogP contribution is 2.71. The molecule has 4 nitrogen and oxygen atoms in total. The Bertz CT molecular complexity index is 1110. The molecule has 0 unspecified atom stereocenters. The van der Waals surface area contributed by atoms with Crippen LogP contribution in [0, 0.1) is 22.7 Å². The lowest BCUT2D eigenvalue weighted by Crippen LogP contribution is -2.49. The minimum absolute atomic E-state index is 0.100. The molecule has 42 heavy (non-hydrogen) atoms. The lowest BCUT2D eigenvalue weighted by Gasteiger charge is -2.58. The minimum atomic E-state index is -0.870. The van der Waals surface area contributed by atoms with Gasteiger partial charge in [0.05, 0.1) is 6.26 Å². The van der Waals surface area contributed by atoms with Crippen LogP contribution in [0.25, 0.3) is 6.08 Å². The van der Waals surface area contributed by atoms with Gasteiger partial charge < -0.3 is 14.3 Å². The highest BCUT2D eigenvalue weighted by molar-refractivity contribution is 5.69. The molecule has 5 rings (SSSR count). The van der Waals surface area contributed by atoms with Gasteiger partial charge in [-0.3, -0.25) is 4.79 Å². The fourth-order valence-corrected chi connectivity index (χ4v) is 9.40. The summed E-state index contributed by atoms with van der Waals surface area (Å²) in [6.45, 7) is 4.86. The van der Waals surface area contributed by atoms with Gasteiger partial charge in [0, 0.05) is 12.0 Å². The molecular formula is C38H56O4. The van der Waals surface area contributed by atoms with Crippen LogP contribution >= 0.6 is 0 Å². The maximum Gasteiger partial charge on any atom is 0.305 e. The molecule has 4 aliphatic rings. The standard InChI is InChI=1S/C38H56O4/c1-3-4-5-6-7-8-9-10-11-12-13-14-15-16-17-18-35(39)42-29-38(40)28-37-25-21-32-31-23-26-41-33(31)22-24-36(32,2)34(37)20-19-30(38)27-37/h7-8,10-11,22-24,26,30,32,34,40H,3-6,9,12-21,25,27-29H2,1-2H3/b8-7-,11-10+/t30-,32-,34+,36-,37-,38+/m0/s1. The number of rotatable bonds is 16. The molecule has 3 fully saturated rings. The minimum Gasteiger partial charge on any atom is -0.465 e. The van der Waals surface area contributed by atoms with Gasteiger partial charge in [-0.1, -0.05) is 76.3 Å². The number of furan rings is 1. The predicted molar refractivity (Wildman–Crippen MR) is 171 cm³/mol. The first-order valence-electron chi connectivity index (χ1n) is 17.3. The molecule has 0 aliphatic heterocycles. The average molecular weight is 577 g/mol. The van der Waals surface area contributed by atoms with Crippen molar-refractivity contribution in [1.29, 1.82) is 0 Å². The van der Waals surface area contributed by atoms with Crippen molar-refractivity contribution in [3.8, 4) is 0 Å². The van der Waals surface area contributed by atoms with Crippen LogP contribution in [0.2, 0.25) is 0 Å². The molecule has 232 valence electrons. The van der Waals surface area contributed by atoms with Crippen LogP contribution in [-0.4, -0.2) is 23.3 Å². The monoisotopic (exact) mass is 576 g/mol. The van der Waals surface area contributed by atoms with E-state index in [9.17, 15) is 9.90 Å². The lowest BCUT2D eigenvalue weighted by atomic mass is 9.46. The first-order valence-corrected chi connectivity index (χ1v) is 17.3. The van der Waals surface area contributed by atoms with Crippen molar-refractivity contribution in [3.05, 3.63) is 54.0 Å². The Balaban J connectivity index is 0.976. The van der Waals surface area contributed by atoms with Crippen LogP contribution in [0.4, 0.5) is 0 Å². The van der Waals surface area contributed by atoms with Crippen molar-refractivity contribution in [3.63, 3.8) is 0 Å². The second kappa shape index (κ2) is 14.1. The summed E-state index contributed by atoms with van der Waals surface area (Å²) in [5, 5.41) is 11.8. The summed E-state index contributed by atoms with van der Waals surface area (Å²) in [7, 11) is 0. The van der Waals surface area contributed by atoms with Crippen LogP contribution in [0.3, 0.4) is 0 Å². The number of aliphatic hydroxyl groups is 1. The maximum absolute atomic E-state index is 12.6. The van der Waals surface area contributed by atoms with E-state index >= 15 is 0 Å². The summed E-state index contributed by atoms with van der Waals surface area (Å²) < 4.78 is 11.5. The number of esters is 1. The summed E-state index contributed by atoms with van der Waals surface area (Å²) >= 11 is 0. The van der Waals surface area contributed by atoms with E-state index in [1.54, 1.807) is 0 Å². The Morgan fingerprint density at radius 2 is 1.79 bits per heavy atom. The van der Waals surface area contributed by atoms with E-state index in [2.05, 4.69) is 56.4 Å². The first kappa shape index (κ1) is 31.4. The smallest absolute Gasteiger partial charge is 0.305 e. The number of allylic oxidation sites excluding steroid dienone is 5. The van der Waals surface area contributed by atoms with E-state index < -0.39 is 5.60 Å². The van der Waals surface area contributed by atoms with Crippen molar-refractivity contribution in [2.75, 3.05) is 6.61 Å². The fraction of sp³-hybridized carbons (Fsp3) is 0.711. The highest BCUT2D eigenvalue weighted by atomic mass is 16.5. The quantitative estimate of drug-likeness (QED) is 0.121. The van der Waals surface area contributed by atoms with Gasteiger partial charge in [0.1, 0.15) is 18.0 Å². The molecular weight excluding hydrogens is 520 g/mol. The topological polar surface area (TPSA) is 59.7 Å². The fourth-order valence-electron chi connectivity index (χ4n) is 9.40. The van der Waals surface area contributed by atoms with Crippen LogP contribution < -0.4 is 0 Å². The van der Waals surface area contributed by atoms with Gasteiger partial charge in [0.2, 0.25) is 0 Å². The number of unbranched alkanes of at least 4 members (excludes halogenated alkanes) is 8. The van der Waals surface area contributed by atoms with E-state index in [4.69, 9.17) is 9.15 Å². The second-order valence-corrected chi connectivity index (χ2v) is 14.3. The van der Waals surface area contributed by atoms with Crippen LogP contribution in [0.5, 0.6) is 0 Å². The molecule has 6 atom stereocenters. The zero-order valence-electron chi connectivity index (χ0n) is 26.5. The zero-order valence-corrected chi connectivity index (χ0v) is 26.5. The van der Waals surface area contributed by atoms with Crippen LogP contribution in [-0.2, 0) is 9.53 Å². The molecule has 3 saturated carbocycles. The van der Waals surface area contributed by atoms with Crippen molar-refractivity contribution in [2.45, 2.75) is 141 Å². The molecule has 1 heterocycles. The van der Waals surface area contributed by atoms with Gasteiger partial charge in [-0.2, -0.15) is 0 Å². The maximum atomic E-state index is 12.6. The molecule has 0 amide bonds. The first-order chi connectivity index (χ1) is 20.4. The molecule has 4 aliphatic carbocycles. The second-order valence-electron chi connectivity index (χ2n) is 14.3. The third kappa shape index (κ3) is 6.85. The third-order valence-corrected chi connectivity index (χ3v) is 11.6. The van der Waals surface area contributed by atoms with Gasteiger partial charge >= 0.3 is 5.97 Å². The molecule has 0 aromatic carbocycles. The Morgan fingerprint density at radius 1 is 1.02 bits per heavy atom. The van der Waals surface area contributed by atoms with Crippen LogP contribution in [0.1, 0.15) is 147 Å². The normalized spacial score (nSPS) is 33.2. The van der Waals surface area contributed by atoms with E-state index in [0.29, 0.717) is 18.3 Å². The molecule has 1 aromatic heterocycles. The number of hydrogen-bond acceptors (Lipinski definition) is 4. The van der Waals surface area contributed by atoms with E-state index in [-0.39, 0.29) is 29.3 Å². The van der Waals surface area contributed by atoms with Gasteiger partial charge in [0.15, 0.2) is 0 Å². The summed E-state index contributed by atoms with van der Waals surface area (Å²) in [4.78, 5) is 12.6. The number of hydrogen-bond donors (Lipinski definition) is 1. The largest absolute Gasteiger partial charge is 0.465 e. The summed E-state index contributed by atoms with van der Waals surface area (Å²) in [6, 6.07) is 2.17. The predicted octanol–water partition coefficient (Wildman–Crippen LogP) is 10.1. The number of ether oxygens (including phenoxy) is 1. The molecule has 1 spiro atoms. The van der Waals surface area contributed by atoms with Crippen molar-refractivity contribution in [2.24, 2.45) is 22.7 Å². The van der Waals surface area contributed by atoms with Crippen LogP contribution in [0.15, 0.2) is 47.1 Å². The molecule has 0 saturated heterocycles. The number of carbonyl (C=O) groups excluding carboxylic acids is 1. The zero-order chi connectivity index (χ0) is 29.5. The van der Waals surface area contributed by atoms with Crippen molar-refractivity contribution >= 4 is 12.0 Å². The third-order valence-electron chi connectivity index (χ3n) is 11.6. The van der Waals surface area contributed by atoms with Gasteiger partial charge in [0.25, 0.3) is 0 Å². The number of fused-ring (bicyclic) bond motifs is 5. The van der Waals surface area contributed by atoms with E-state index in [1.165, 1.54) is 50.5 Å². The Kier molecular flexibility index (Phi) is 10.6. The Hall–Kier alpha value is -2.07. The van der Waals surface area contributed by atoms with Gasteiger partial charge in [-0.25, -0.2) is 0 Å². The highest BCUT2D eigenvalue weighted by Gasteiger charge is 2.65.